The van der Waals surface area contributed by atoms with Crippen molar-refractivity contribution in [3.05, 3.63) is 117 Å². The number of rotatable bonds is 14. The Kier molecular flexibility index (Phi) is 10.8. The first kappa shape index (κ1) is 40.8. The summed E-state index contributed by atoms with van der Waals surface area (Å²) in [6.07, 6.45) is 4.87. The normalized spacial score (nSPS) is 22.2. The average molecular weight is 859 g/mol. The number of ketones is 1. The Balaban J connectivity index is 0.848. The smallest absolute Gasteiger partial charge is 0.175 e. The van der Waals surface area contributed by atoms with Crippen LogP contribution in [0.25, 0.3) is 44.3 Å². The molecule has 4 aliphatic heterocycles. The number of carbonyl (C=O) groups is 1. The van der Waals surface area contributed by atoms with Gasteiger partial charge in [-0.15, -0.1) is 0 Å². The molecule has 11 heteroatoms. The van der Waals surface area contributed by atoms with Gasteiger partial charge < -0.3 is 20.2 Å². The summed E-state index contributed by atoms with van der Waals surface area (Å²) >= 11 is 0. The van der Waals surface area contributed by atoms with Gasteiger partial charge >= 0.3 is 0 Å². The molecule has 6 N–H and O–H groups in total. The lowest BCUT2D eigenvalue weighted by Crippen LogP contribution is -2.46. The topological polar surface area (TPSA) is 126 Å². The van der Waals surface area contributed by atoms with Gasteiger partial charge in [0.2, 0.25) is 0 Å². The van der Waals surface area contributed by atoms with Crippen molar-refractivity contribution >= 4 is 27.6 Å². The molecule has 0 bridgehead atoms. The highest BCUT2D eigenvalue weighted by Gasteiger charge is 2.43. The van der Waals surface area contributed by atoms with E-state index < -0.39 is 12.1 Å². The number of H-pyrrole nitrogens is 2. The Morgan fingerprint density at radius 2 is 0.953 bits per heavy atom. The summed E-state index contributed by atoms with van der Waals surface area (Å²) in [7, 11) is 0. The van der Waals surface area contributed by atoms with Crippen molar-refractivity contribution in [2.24, 2.45) is 0 Å². The van der Waals surface area contributed by atoms with Crippen LogP contribution in [0, 0.1) is 0 Å². The van der Waals surface area contributed by atoms with Crippen molar-refractivity contribution in [1.82, 2.24) is 40.2 Å². The van der Waals surface area contributed by atoms with Gasteiger partial charge in [0.15, 0.2) is 5.78 Å². The zero-order chi connectivity index (χ0) is 42.9. The number of fused-ring (bicyclic) bond motifs is 4. The second-order valence-electron chi connectivity index (χ2n) is 19.7. The Morgan fingerprint density at radius 1 is 0.531 bits per heavy atom. The molecule has 2 aromatic heterocycles. The lowest BCUT2D eigenvalue weighted by atomic mass is 9.85. The standard InChI is InChI=1S/C53H62N8O3/c62-23-21-58-13-17-60(18-14-58)31-33-1-11-45-37(25-33)27-47(56-45)41-9-7-39(35-3-4-35)43-29-54-51(49(41)43)53(64)52-50-42(10-8-40(36-5-6-36)44(50)30-55-52)48-28-38-26-34(2-12-46(38)57-48)32-61-19-15-59(16-20-61)22-24-63/h1-2,7-12,25-28,35-36,51-52,54-57,62-63H,3-6,13-24,29-32H2. The molecule has 2 unspecified atom stereocenters. The van der Waals surface area contributed by atoms with Crippen LogP contribution in [-0.4, -0.2) is 124 Å². The number of nitrogens with one attached hydrogen (secondary N) is 4. The van der Waals surface area contributed by atoms with E-state index in [1.54, 1.807) is 0 Å². The maximum Gasteiger partial charge on any atom is 0.175 e. The Bertz CT molecular complexity index is 2530. The summed E-state index contributed by atoms with van der Waals surface area (Å²) < 4.78 is 0. The van der Waals surface area contributed by atoms with Crippen molar-refractivity contribution in [2.45, 2.75) is 75.8 Å². The maximum absolute atomic E-state index is 15.5. The maximum atomic E-state index is 15.5. The summed E-state index contributed by atoms with van der Waals surface area (Å²) in [6.45, 7) is 13.2. The van der Waals surface area contributed by atoms with Crippen molar-refractivity contribution in [3.8, 4) is 22.5 Å². The second-order valence-corrected chi connectivity index (χ2v) is 19.7. The van der Waals surface area contributed by atoms with Crippen molar-refractivity contribution in [2.75, 3.05) is 78.7 Å². The molecular weight excluding hydrogens is 797 g/mol. The number of Topliss-reactive ketones (excluding diaryl/α,β-unsaturated/α-hetero) is 1. The van der Waals surface area contributed by atoms with Crippen LogP contribution in [0.2, 0.25) is 0 Å². The quantitative estimate of drug-likeness (QED) is 0.0727. The molecule has 4 aromatic carbocycles. The molecule has 0 spiro atoms. The van der Waals surface area contributed by atoms with Crippen LogP contribution in [0.15, 0.2) is 72.8 Å². The third-order valence-electron chi connectivity index (χ3n) is 15.5. The molecule has 2 saturated carbocycles. The predicted octanol–water partition coefficient (Wildman–Crippen LogP) is 6.52. The lowest BCUT2D eigenvalue weighted by molar-refractivity contribution is -0.123. The fraction of sp³-hybridized carbons (Fsp3) is 0.453. The van der Waals surface area contributed by atoms with E-state index in [0.29, 0.717) is 24.9 Å². The van der Waals surface area contributed by atoms with E-state index in [4.69, 9.17) is 0 Å². The van der Waals surface area contributed by atoms with Gasteiger partial charge in [0.1, 0.15) is 0 Å². The molecule has 6 aromatic rings. The number of piperazine rings is 2. The van der Waals surface area contributed by atoms with E-state index in [2.05, 4.69) is 113 Å². The molecule has 6 heterocycles. The van der Waals surface area contributed by atoms with Crippen LogP contribution < -0.4 is 10.6 Å². The number of benzene rings is 4. The van der Waals surface area contributed by atoms with Crippen LogP contribution >= 0.6 is 0 Å². The van der Waals surface area contributed by atoms with Gasteiger partial charge in [0.25, 0.3) is 0 Å². The number of aliphatic hydroxyl groups is 2. The first-order valence-electron chi connectivity index (χ1n) is 24.1. The number of aliphatic hydroxyl groups excluding tert-OH is 2. The fourth-order valence-corrected chi connectivity index (χ4v) is 11.7. The van der Waals surface area contributed by atoms with Crippen molar-refractivity contribution < 1.29 is 15.0 Å². The van der Waals surface area contributed by atoms with E-state index in [1.807, 2.05) is 0 Å². The lowest BCUT2D eigenvalue weighted by Gasteiger charge is -2.34. The largest absolute Gasteiger partial charge is 0.395 e. The first-order valence-corrected chi connectivity index (χ1v) is 24.1. The molecule has 2 aliphatic carbocycles. The fourth-order valence-electron chi connectivity index (χ4n) is 11.7. The number of carbonyl (C=O) groups excluding carboxylic acids is 1. The number of aromatic amines is 2. The second kappa shape index (κ2) is 16.9. The molecule has 11 nitrogen and oxygen atoms in total. The molecule has 332 valence electrons. The van der Waals surface area contributed by atoms with E-state index in [0.717, 1.165) is 123 Å². The number of nitrogens with zero attached hydrogens (tertiary/aromatic N) is 4. The third-order valence-corrected chi connectivity index (χ3v) is 15.5. The van der Waals surface area contributed by atoms with E-state index in [-0.39, 0.29) is 19.0 Å². The molecule has 2 saturated heterocycles. The summed E-state index contributed by atoms with van der Waals surface area (Å²) in [5, 5.41) is 28.8. The minimum atomic E-state index is -0.424. The summed E-state index contributed by atoms with van der Waals surface area (Å²) in [5.74, 6) is 1.37. The number of hydrogen-bond donors (Lipinski definition) is 6. The van der Waals surface area contributed by atoms with Crippen molar-refractivity contribution in [1.29, 1.82) is 0 Å². The number of β-amino-alcohol motifs (C(OH)–C–C–N with tert-alkyl or cyclic N) is 2. The summed E-state index contributed by atoms with van der Waals surface area (Å²) in [4.78, 5) is 32.8. The monoisotopic (exact) mass is 858 g/mol. The molecule has 12 rings (SSSR count). The summed E-state index contributed by atoms with van der Waals surface area (Å²) in [6, 6.07) is 26.6. The van der Waals surface area contributed by atoms with E-state index in [9.17, 15) is 10.2 Å². The van der Waals surface area contributed by atoms with Gasteiger partial charge in [-0.1, -0.05) is 36.4 Å². The Labute approximate surface area is 375 Å². The van der Waals surface area contributed by atoms with Crippen LogP contribution in [0.1, 0.15) is 94.1 Å². The van der Waals surface area contributed by atoms with Crippen molar-refractivity contribution in [3.63, 3.8) is 0 Å². The zero-order valence-corrected chi connectivity index (χ0v) is 37.0. The SMILES string of the molecule is O=C(C1NCc2c(C3CC3)ccc(-c3cc4cc(CN5CCN(CCO)CC5)ccc4[nH]3)c21)C1NCc2c(C3CC3)ccc(-c3cc4cc(CN5CCN(CCO)CC5)ccc4[nH]3)c21. The van der Waals surface area contributed by atoms with Crippen LogP contribution in [-0.2, 0) is 31.0 Å². The number of hydrogen-bond acceptors (Lipinski definition) is 9. The third kappa shape index (κ3) is 7.73. The Hall–Kier alpha value is -4.69. The Morgan fingerprint density at radius 3 is 1.36 bits per heavy atom. The summed E-state index contributed by atoms with van der Waals surface area (Å²) in [5.41, 5.74) is 17.0. The first-order chi connectivity index (χ1) is 31.5. The van der Waals surface area contributed by atoms with Gasteiger partial charge in [0, 0.05) is 136 Å². The van der Waals surface area contributed by atoms with Gasteiger partial charge in [0.05, 0.1) is 25.3 Å². The molecular formula is C53H62N8O3. The molecule has 6 aliphatic rings. The van der Waals surface area contributed by atoms with Gasteiger partial charge in [-0.25, -0.2) is 0 Å². The minimum absolute atomic E-state index is 0.205. The van der Waals surface area contributed by atoms with Crippen LogP contribution in [0.5, 0.6) is 0 Å². The van der Waals surface area contributed by atoms with Crippen LogP contribution in [0.3, 0.4) is 0 Å². The van der Waals surface area contributed by atoms with E-state index >= 15 is 4.79 Å². The van der Waals surface area contributed by atoms with Crippen LogP contribution in [0.4, 0.5) is 0 Å². The average Bonchev–Trinajstić information content (AvgIpc) is 4.14. The zero-order valence-electron chi connectivity index (χ0n) is 37.0. The molecule has 2 atom stereocenters. The molecule has 4 fully saturated rings. The highest BCUT2D eigenvalue weighted by Crippen LogP contribution is 2.51. The number of aromatic nitrogens is 2. The highest BCUT2D eigenvalue weighted by molar-refractivity contribution is 5.98. The molecule has 64 heavy (non-hydrogen) atoms. The van der Waals surface area contributed by atoms with E-state index in [1.165, 1.54) is 69.8 Å². The van der Waals surface area contributed by atoms with Gasteiger partial charge in [-0.05, 0) is 118 Å². The highest BCUT2D eigenvalue weighted by atomic mass is 16.3. The van der Waals surface area contributed by atoms with Gasteiger partial charge in [-0.2, -0.15) is 0 Å². The minimum Gasteiger partial charge on any atom is -0.395 e. The molecule has 0 amide bonds. The predicted molar refractivity (Wildman–Crippen MR) is 253 cm³/mol. The van der Waals surface area contributed by atoms with Gasteiger partial charge in [-0.3, -0.25) is 35.0 Å². The molecule has 0 radical (unpaired) electrons.